The van der Waals surface area contributed by atoms with Crippen molar-refractivity contribution in [2.24, 2.45) is 0 Å². The first-order valence-electron chi connectivity index (χ1n) is 12.3. The van der Waals surface area contributed by atoms with E-state index < -0.39 is 0 Å². The van der Waals surface area contributed by atoms with E-state index in [1.807, 2.05) is 36.4 Å². The van der Waals surface area contributed by atoms with E-state index in [1.165, 1.54) is 0 Å². The Morgan fingerprint density at radius 1 is 0.465 bits per heavy atom. The Morgan fingerprint density at radius 3 is 0.977 bits per heavy atom. The first-order valence-corrected chi connectivity index (χ1v) is 22.0. The highest BCUT2D eigenvalue weighted by Gasteiger charge is 2.17. The van der Waals surface area contributed by atoms with Gasteiger partial charge in [0.15, 0.2) is 0 Å². The molecule has 0 saturated heterocycles. The molecule has 3 rings (SSSR count). The quantitative estimate of drug-likeness (QED) is 0.127. The lowest BCUT2D eigenvalue weighted by atomic mass is 10.2. The molecule has 0 heterocycles. The van der Waals surface area contributed by atoms with Crippen molar-refractivity contribution < 1.29 is 14.4 Å². The molecule has 3 aromatic rings. The van der Waals surface area contributed by atoms with E-state index in [4.69, 9.17) is 0 Å². The monoisotopic (exact) mass is 1590 g/mol. The minimum Gasteiger partial charge on any atom is -0.351 e. The molecule has 3 N–H and O–H groups in total. The molecule has 0 unspecified atom stereocenters. The normalized spacial score (nSPS) is 11.0. The van der Waals surface area contributed by atoms with Crippen LogP contribution >= 0.6 is 203 Å². The predicted octanol–water partition coefficient (Wildman–Crippen LogP) is 8.02. The molecule has 230 valence electrons. The average Bonchev–Trinajstić information content (AvgIpc) is 2.93. The van der Waals surface area contributed by atoms with Crippen LogP contribution in [0.2, 0.25) is 0 Å². The van der Waals surface area contributed by atoms with Crippen molar-refractivity contribution >= 4 is 221 Å². The third kappa shape index (κ3) is 12.5. The molecule has 3 aromatic carbocycles. The second kappa shape index (κ2) is 19.7. The summed E-state index contributed by atoms with van der Waals surface area (Å²) in [6.07, 6.45) is 0. The standard InChI is InChI=1S/C27H21I9N4O3/c28-13-7-16(22(34)19(31)10-13)25(41)37-1-4-40(5-2-38-26(42)17-8-14(29)11-20(32)23(17)35)6-3-39-27(43)18-9-15(30)12-21(33)24(18)36/h7-12H,1-6H2,(H,37,41)(H,38,42)(H,39,43). The minimum atomic E-state index is -0.117. The van der Waals surface area contributed by atoms with Crippen LogP contribution in [0.3, 0.4) is 0 Å². The third-order valence-electron chi connectivity index (χ3n) is 5.85. The summed E-state index contributed by atoms with van der Waals surface area (Å²) in [4.78, 5) is 41.1. The highest BCUT2D eigenvalue weighted by atomic mass is 127. The molecule has 43 heavy (non-hydrogen) atoms. The van der Waals surface area contributed by atoms with Gasteiger partial charge < -0.3 is 16.0 Å². The maximum Gasteiger partial charge on any atom is 0.252 e. The summed E-state index contributed by atoms with van der Waals surface area (Å²) in [6.45, 7) is 2.97. The summed E-state index contributed by atoms with van der Waals surface area (Å²) >= 11 is 20.0. The number of hydrogen-bond acceptors (Lipinski definition) is 4. The summed E-state index contributed by atoms with van der Waals surface area (Å²) in [5, 5.41) is 9.13. The van der Waals surface area contributed by atoms with Gasteiger partial charge in [-0.2, -0.15) is 0 Å². The minimum absolute atomic E-state index is 0.117. The lowest BCUT2D eigenvalue weighted by Crippen LogP contribution is -2.43. The highest BCUT2D eigenvalue weighted by molar-refractivity contribution is 14.1. The average molecular weight is 1590 g/mol. The summed E-state index contributed by atoms with van der Waals surface area (Å²) in [7, 11) is 0. The molecule has 3 amide bonds. The van der Waals surface area contributed by atoms with E-state index in [1.54, 1.807) is 0 Å². The van der Waals surface area contributed by atoms with Crippen LogP contribution < -0.4 is 16.0 Å². The molecular formula is C27H21I9N4O3. The van der Waals surface area contributed by atoms with Crippen molar-refractivity contribution in [1.82, 2.24) is 20.9 Å². The SMILES string of the molecule is O=C(NCCN(CCNC(=O)c1cc(I)cc(I)c1I)CCNC(=O)c1cc(I)cc(I)c1I)c1cc(I)cc(I)c1I. The molecule has 0 atom stereocenters. The summed E-state index contributed by atoms with van der Waals surface area (Å²) in [5.74, 6) is -0.352. The predicted molar refractivity (Wildman–Crippen MR) is 247 cm³/mol. The number of halogens is 9. The number of nitrogens with zero attached hydrogens (tertiary/aromatic N) is 1. The lowest BCUT2D eigenvalue weighted by molar-refractivity contribution is 0.0947. The fourth-order valence-corrected chi connectivity index (χ4v) is 11.0. The van der Waals surface area contributed by atoms with E-state index in [-0.39, 0.29) is 17.7 Å². The molecule has 0 aliphatic carbocycles. The second-order valence-electron chi connectivity index (χ2n) is 8.86. The van der Waals surface area contributed by atoms with Crippen molar-refractivity contribution in [3.8, 4) is 0 Å². The van der Waals surface area contributed by atoms with Crippen molar-refractivity contribution in [3.63, 3.8) is 0 Å². The van der Waals surface area contributed by atoms with Gasteiger partial charge >= 0.3 is 0 Å². The number of hydrogen-bond donors (Lipinski definition) is 3. The molecule has 0 radical (unpaired) electrons. The summed E-state index contributed by atoms with van der Waals surface area (Å²) < 4.78 is 8.94. The zero-order valence-electron chi connectivity index (χ0n) is 21.8. The molecule has 0 bridgehead atoms. The van der Waals surface area contributed by atoms with Crippen LogP contribution in [-0.4, -0.2) is 61.9 Å². The third-order valence-corrected chi connectivity index (χ3v) is 16.9. The molecule has 0 aliphatic rings. The van der Waals surface area contributed by atoms with Gasteiger partial charge in [0, 0.05) is 71.4 Å². The van der Waals surface area contributed by atoms with Crippen LogP contribution in [0.5, 0.6) is 0 Å². The van der Waals surface area contributed by atoms with Gasteiger partial charge in [-0.15, -0.1) is 0 Å². The second-order valence-corrected chi connectivity index (χ2v) is 19.3. The number of carbonyl (C=O) groups is 3. The van der Waals surface area contributed by atoms with Crippen molar-refractivity contribution in [1.29, 1.82) is 0 Å². The zero-order chi connectivity index (χ0) is 31.8. The van der Waals surface area contributed by atoms with Crippen molar-refractivity contribution in [3.05, 3.63) is 85.2 Å². The first kappa shape index (κ1) is 40.0. The molecule has 7 nitrogen and oxygen atoms in total. The van der Waals surface area contributed by atoms with Gasteiger partial charge in [0.2, 0.25) is 0 Å². The van der Waals surface area contributed by atoms with Crippen LogP contribution in [-0.2, 0) is 0 Å². The van der Waals surface area contributed by atoms with E-state index in [2.05, 4.69) is 224 Å². The Kier molecular flexibility index (Phi) is 18.3. The number of carbonyl (C=O) groups excluding carboxylic acids is 3. The Hall–Kier alpha value is 2.60. The number of rotatable bonds is 12. The maximum atomic E-state index is 13.0. The van der Waals surface area contributed by atoms with Crippen LogP contribution in [0.4, 0.5) is 0 Å². The van der Waals surface area contributed by atoms with Crippen LogP contribution in [0, 0.1) is 32.1 Å². The first-order chi connectivity index (χ1) is 20.3. The number of nitrogens with one attached hydrogen (secondary N) is 3. The van der Waals surface area contributed by atoms with Gasteiger partial charge in [-0.3, -0.25) is 19.3 Å². The Morgan fingerprint density at radius 2 is 0.721 bits per heavy atom. The van der Waals surface area contributed by atoms with Gasteiger partial charge in [-0.1, -0.05) is 0 Å². The molecule has 16 heteroatoms. The number of benzene rings is 3. The molecule has 0 saturated carbocycles. The van der Waals surface area contributed by atoms with Crippen LogP contribution in [0.1, 0.15) is 31.1 Å². The Balaban J connectivity index is 1.63. The Labute approximate surface area is 373 Å². The smallest absolute Gasteiger partial charge is 0.252 e. The fraction of sp³-hybridized carbons (Fsp3) is 0.222. The van der Waals surface area contributed by atoms with Crippen molar-refractivity contribution in [2.75, 3.05) is 39.3 Å². The lowest BCUT2D eigenvalue weighted by Gasteiger charge is -2.23. The topological polar surface area (TPSA) is 90.5 Å². The molecule has 0 aromatic heterocycles. The highest BCUT2D eigenvalue weighted by Crippen LogP contribution is 2.25. The summed E-state index contributed by atoms with van der Waals surface area (Å²) in [5.41, 5.74) is 1.98. The van der Waals surface area contributed by atoms with E-state index in [0.29, 0.717) is 56.0 Å². The summed E-state index contributed by atoms with van der Waals surface area (Å²) in [6, 6.07) is 11.8. The molecule has 0 aliphatic heterocycles. The van der Waals surface area contributed by atoms with Gasteiger partial charge in [-0.25, -0.2) is 0 Å². The van der Waals surface area contributed by atoms with Crippen molar-refractivity contribution in [2.45, 2.75) is 0 Å². The molecule has 0 fully saturated rings. The van der Waals surface area contributed by atoms with E-state index >= 15 is 0 Å². The van der Waals surface area contributed by atoms with Crippen LogP contribution in [0.25, 0.3) is 0 Å². The zero-order valence-corrected chi connectivity index (χ0v) is 41.2. The van der Waals surface area contributed by atoms with Gasteiger partial charge in [0.1, 0.15) is 0 Å². The molecule has 0 spiro atoms. The van der Waals surface area contributed by atoms with Gasteiger partial charge in [-0.05, 0) is 240 Å². The Bertz CT molecular complexity index is 1360. The largest absolute Gasteiger partial charge is 0.351 e. The number of amides is 3. The molecular weight excluding hydrogens is 1570 g/mol. The van der Waals surface area contributed by atoms with Crippen LogP contribution in [0.15, 0.2) is 36.4 Å². The van der Waals surface area contributed by atoms with Gasteiger partial charge in [0.25, 0.3) is 17.7 Å². The van der Waals surface area contributed by atoms with E-state index in [0.717, 1.165) is 32.1 Å². The van der Waals surface area contributed by atoms with E-state index in [9.17, 15) is 14.4 Å². The fourth-order valence-electron chi connectivity index (χ4n) is 3.77. The maximum absolute atomic E-state index is 13.0. The van der Waals surface area contributed by atoms with Gasteiger partial charge in [0.05, 0.1) is 16.7 Å².